The Hall–Kier alpha value is -3.28. The van der Waals surface area contributed by atoms with Crippen molar-refractivity contribution in [1.29, 1.82) is 0 Å². The van der Waals surface area contributed by atoms with E-state index >= 15 is 0 Å². The van der Waals surface area contributed by atoms with Crippen LogP contribution in [0.25, 0.3) is 16.9 Å². The maximum absolute atomic E-state index is 5.17. The minimum absolute atomic E-state index is 0.679. The monoisotopic (exact) mass is 320 g/mol. The molecule has 6 heteroatoms. The van der Waals surface area contributed by atoms with Crippen LogP contribution in [0.15, 0.2) is 65.6 Å². The normalized spacial score (nSPS) is 10.9. The Kier molecular flexibility index (Phi) is 3.63. The number of methoxy groups -OCH3 is 1. The van der Waals surface area contributed by atoms with Gasteiger partial charge in [0.2, 0.25) is 0 Å². The summed E-state index contributed by atoms with van der Waals surface area (Å²) in [6.45, 7) is 0.679. The molecule has 0 aliphatic rings. The van der Waals surface area contributed by atoms with Crippen LogP contribution < -0.4 is 10.1 Å². The van der Waals surface area contributed by atoms with Crippen molar-refractivity contribution in [2.45, 2.75) is 6.54 Å². The van der Waals surface area contributed by atoms with Crippen LogP contribution >= 0.6 is 0 Å². The van der Waals surface area contributed by atoms with Gasteiger partial charge in [-0.15, -0.1) is 5.10 Å². The molecule has 0 saturated carbocycles. The van der Waals surface area contributed by atoms with Crippen molar-refractivity contribution in [3.63, 3.8) is 0 Å². The summed E-state index contributed by atoms with van der Waals surface area (Å²) in [5, 5.41) is 7.95. The second kappa shape index (κ2) is 6.08. The van der Waals surface area contributed by atoms with E-state index in [4.69, 9.17) is 9.15 Å². The van der Waals surface area contributed by atoms with E-state index < -0.39 is 0 Å². The Bertz CT molecular complexity index is 943. The Morgan fingerprint density at radius 1 is 1.12 bits per heavy atom. The second-order valence-corrected chi connectivity index (χ2v) is 5.35. The first-order valence-corrected chi connectivity index (χ1v) is 7.57. The van der Waals surface area contributed by atoms with Gasteiger partial charge in [-0.25, -0.2) is 9.50 Å². The van der Waals surface area contributed by atoms with Crippen LogP contribution in [-0.4, -0.2) is 21.7 Å². The van der Waals surface area contributed by atoms with Crippen LogP contribution in [0.3, 0.4) is 0 Å². The smallest absolute Gasteiger partial charge is 0.154 e. The molecule has 0 fully saturated rings. The van der Waals surface area contributed by atoms with Gasteiger partial charge in [0, 0.05) is 12.1 Å². The van der Waals surface area contributed by atoms with E-state index in [0.29, 0.717) is 6.54 Å². The highest BCUT2D eigenvalue weighted by atomic mass is 16.5. The molecule has 3 aromatic heterocycles. The molecule has 0 spiro atoms. The summed E-state index contributed by atoms with van der Waals surface area (Å²) < 4.78 is 12.1. The lowest BCUT2D eigenvalue weighted by molar-refractivity contribution is 0.414. The summed E-state index contributed by atoms with van der Waals surface area (Å²) >= 11 is 0. The van der Waals surface area contributed by atoms with Gasteiger partial charge in [-0.2, -0.15) is 0 Å². The summed E-state index contributed by atoms with van der Waals surface area (Å²) in [5.74, 6) is 1.63. The zero-order valence-electron chi connectivity index (χ0n) is 13.1. The average molecular weight is 320 g/mol. The predicted molar refractivity (Wildman–Crippen MR) is 91.0 cm³/mol. The minimum atomic E-state index is 0.679. The van der Waals surface area contributed by atoms with Crippen molar-refractivity contribution in [3.8, 4) is 17.0 Å². The summed E-state index contributed by atoms with van der Waals surface area (Å²) in [6.07, 6.45) is 5.11. The molecule has 0 saturated heterocycles. The molecule has 3 heterocycles. The van der Waals surface area contributed by atoms with Gasteiger partial charge in [0.1, 0.15) is 11.6 Å². The number of benzene rings is 1. The number of nitrogens with zero attached hydrogens (tertiary/aromatic N) is 3. The average Bonchev–Trinajstić information content (AvgIpc) is 3.29. The van der Waals surface area contributed by atoms with E-state index in [0.717, 1.165) is 34.0 Å². The van der Waals surface area contributed by atoms with Crippen molar-refractivity contribution in [1.82, 2.24) is 14.6 Å². The fourth-order valence-electron chi connectivity index (χ4n) is 2.51. The molecule has 0 amide bonds. The minimum Gasteiger partial charge on any atom is -0.497 e. The van der Waals surface area contributed by atoms with Crippen molar-refractivity contribution >= 4 is 11.5 Å². The van der Waals surface area contributed by atoms with Crippen molar-refractivity contribution in [2.24, 2.45) is 0 Å². The molecule has 24 heavy (non-hydrogen) atoms. The number of aromatic nitrogens is 3. The molecule has 4 aromatic rings. The number of furan rings is 1. The van der Waals surface area contributed by atoms with E-state index in [-0.39, 0.29) is 0 Å². The molecule has 1 N–H and O–H groups in total. The molecule has 0 radical (unpaired) electrons. The highest BCUT2D eigenvalue weighted by Crippen LogP contribution is 2.21. The van der Waals surface area contributed by atoms with Gasteiger partial charge < -0.3 is 14.5 Å². The van der Waals surface area contributed by atoms with Gasteiger partial charge >= 0.3 is 0 Å². The van der Waals surface area contributed by atoms with E-state index in [1.807, 2.05) is 42.5 Å². The van der Waals surface area contributed by atoms with Crippen LogP contribution in [-0.2, 0) is 6.54 Å². The Morgan fingerprint density at radius 3 is 2.75 bits per heavy atom. The fraction of sp³-hybridized carbons (Fsp3) is 0.111. The number of ether oxygens (including phenoxy) is 1. The first-order chi connectivity index (χ1) is 11.8. The molecule has 6 nitrogen and oxygen atoms in total. The van der Waals surface area contributed by atoms with Gasteiger partial charge in [0.15, 0.2) is 5.65 Å². The third-order valence-corrected chi connectivity index (χ3v) is 3.81. The molecule has 0 aliphatic heterocycles. The summed E-state index contributed by atoms with van der Waals surface area (Å²) in [4.78, 5) is 4.37. The number of fused-ring (bicyclic) bond motifs is 1. The molecular formula is C18H16N4O2. The predicted octanol–water partition coefficient (Wildman–Crippen LogP) is 3.61. The van der Waals surface area contributed by atoms with Crippen LogP contribution in [0, 0.1) is 0 Å². The van der Waals surface area contributed by atoms with Crippen LogP contribution in [0.4, 0.5) is 5.82 Å². The molecule has 0 bridgehead atoms. The summed E-state index contributed by atoms with van der Waals surface area (Å²) in [7, 11) is 1.66. The van der Waals surface area contributed by atoms with Crippen LogP contribution in [0.2, 0.25) is 0 Å². The van der Waals surface area contributed by atoms with E-state index in [1.54, 1.807) is 30.3 Å². The molecule has 1 aromatic carbocycles. The van der Waals surface area contributed by atoms with Crippen molar-refractivity contribution < 1.29 is 9.15 Å². The summed E-state index contributed by atoms with van der Waals surface area (Å²) in [6, 6.07) is 13.7. The molecule has 0 unspecified atom stereocenters. The lowest BCUT2D eigenvalue weighted by atomic mass is 10.2. The lowest BCUT2D eigenvalue weighted by Crippen LogP contribution is -2.04. The maximum Gasteiger partial charge on any atom is 0.154 e. The van der Waals surface area contributed by atoms with Gasteiger partial charge in [-0.05, 0) is 35.9 Å². The number of hydrogen-bond donors (Lipinski definition) is 1. The van der Waals surface area contributed by atoms with Crippen LogP contribution in [0.1, 0.15) is 5.56 Å². The fourth-order valence-corrected chi connectivity index (χ4v) is 2.51. The standard InChI is InChI=1S/C18H16N4O2/c1-23-15-4-2-13(3-5-15)10-19-17-6-7-18-20-11-16(22(18)21-17)14-8-9-24-12-14/h2-9,11-12H,10H2,1H3,(H,19,21). The molecule has 4 rings (SSSR count). The Balaban J connectivity index is 1.57. The van der Waals surface area contributed by atoms with Crippen LogP contribution in [0.5, 0.6) is 5.75 Å². The third kappa shape index (κ3) is 2.69. The topological polar surface area (TPSA) is 64.6 Å². The highest BCUT2D eigenvalue weighted by Gasteiger charge is 2.09. The quantitative estimate of drug-likeness (QED) is 0.608. The van der Waals surface area contributed by atoms with Crippen molar-refractivity contribution in [3.05, 3.63) is 66.8 Å². The molecule has 120 valence electrons. The number of imidazole rings is 1. The molecular weight excluding hydrogens is 304 g/mol. The molecule has 0 aliphatic carbocycles. The molecule has 0 atom stereocenters. The van der Waals surface area contributed by atoms with Gasteiger partial charge in [-0.3, -0.25) is 0 Å². The second-order valence-electron chi connectivity index (χ2n) is 5.35. The largest absolute Gasteiger partial charge is 0.497 e. The zero-order chi connectivity index (χ0) is 16.4. The first kappa shape index (κ1) is 14.3. The van der Waals surface area contributed by atoms with Gasteiger partial charge in [0.05, 0.1) is 31.5 Å². The Morgan fingerprint density at radius 2 is 2.00 bits per heavy atom. The van der Waals surface area contributed by atoms with E-state index in [2.05, 4.69) is 15.4 Å². The number of anilines is 1. The third-order valence-electron chi connectivity index (χ3n) is 3.81. The SMILES string of the molecule is COc1ccc(CNc2ccc3ncc(-c4ccoc4)n3n2)cc1. The summed E-state index contributed by atoms with van der Waals surface area (Å²) in [5.41, 5.74) is 3.79. The zero-order valence-corrected chi connectivity index (χ0v) is 13.1. The lowest BCUT2D eigenvalue weighted by Gasteiger charge is -2.07. The Labute approximate surface area is 138 Å². The van der Waals surface area contributed by atoms with Gasteiger partial charge in [-0.1, -0.05) is 12.1 Å². The number of nitrogens with one attached hydrogen (secondary N) is 1. The highest BCUT2D eigenvalue weighted by molar-refractivity contribution is 5.62. The van der Waals surface area contributed by atoms with E-state index in [1.165, 1.54) is 0 Å². The number of hydrogen-bond acceptors (Lipinski definition) is 5. The van der Waals surface area contributed by atoms with E-state index in [9.17, 15) is 0 Å². The van der Waals surface area contributed by atoms with Gasteiger partial charge in [0.25, 0.3) is 0 Å². The number of rotatable bonds is 5. The maximum atomic E-state index is 5.17. The first-order valence-electron chi connectivity index (χ1n) is 7.57. The van der Waals surface area contributed by atoms with Crippen molar-refractivity contribution in [2.75, 3.05) is 12.4 Å².